The molecule has 0 spiro atoms. The van der Waals surface area contributed by atoms with Crippen molar-refractivity contribution in [1.82, 2.24) is 0 Å². The van der Waals surface area contributed by atoms with Crippen LogP contribution >= 0.6 is 92.8 Å². The minimum atomic E-state index is -0.986. The molecule has 16 nitrogen and oxygen atoms in total. The molecule has 0 N–H and O–H groups in total. The zero-order valence-electron chi connectivity index (χ0n) is 26.6. The molecule has 0 fully saturated rings. The van der Waals surface area contributed by atoms with E-state index >= 15 is 0 Å². The Balaban J connectivity index is -0.000000328. The number of nitrogens with zero attached hydrogens (tertiary/aromatic N) is 2. The summed E-state index contributed by atoms with van der Waals surface area (Å²) in [6, 6.07) is 15.5. The van der Waals surface area contributed by atoms with E-state index in [0.717, 1.165) is 0 Å². The first-order valence-corrected chi connectivity index (χ1v) is 16.3. The second-order valence-corrected chi connectivity index (χ2v) is 11.7. The van der Waals surface area contributed by atoms with E-state index in [1.807, 2.05) is 0 Å². The third-order valence-electron chi connectivity index (χ3n) is 5.16. The summed E-state index contributed by atoms with van der Waals surface area (Å²) < 4.78 is 26.8. The van der Waals surface area contributed by atoms with Crippen LogP contribution in [0.2, 0.25) is 30.1 Å². The second kappa shape index (κ2) is 30.5. The van der Waals surface area contributed by atoms with Gasteiger partial charge < -0.3 is 28.4 Å². The summed E-state index contributed by atoms with van der Waals surface area (Å²) in [6.45, 7) is 0. The van der Waals surface area contributed by atoms with Gasteiger partial charge in [-0.05, 0) is 36.4 Å². The Morgan fingerprint density at radius 2 is 0.759 bits per heavy atom. The Bertz CT molecular complexity index is 1970. The first-order valence-electron chi connectivity index (χ1n) is 13.3. The Kier molecular flexibility index (Phi) is 31.7. The molecule has 320 valence electrons. The number of benzene rings is 4. The largest absolute Gasteiger partial charge is 0.513 e. The van der Waals surface area contributed by atoms with E-state index in [4.69, 9.17) is 97.5 Å². The van der Waals surface area contributed by atoms with Crippen molar-refractivity contribution in [2.75, 3.05) is 14.2 Å². The van der Waals surface area contributed by atoms with E-state index in [1.54, 1.807) is 0 Å². The van der Waals surface area contributed by atoms with Crippen LogP contribution in [0.5, 0.6) is 23.0 Å². The molecule has 0 heterocycles. The standard InChI is InChI=1S/C8H5Cl3O3.C8H7NO5.C7H2Cl4O2.C7H4ClNO4.4CH4/c1-13-8(12)14-7-3-5(10)4(9)2-6(7)11;1-13-8(10)14-7-4-2-6(3-5-7)9(11)12;8-3-1-5(10)6(2-4(3)9)13-7(11)12;8-7(10)13-6-3-1-5(2-4-6)9(11)12;;;;/h2-3H,1H3;2-5H,1H3;1-2H;1-4H;4*1H4. The molecule has 0 aromatic heterocycles. The maximum Gasteiger partial charge on any atom is 0.513 e. The van der Waals surface area contributed by atoms with Crippen molar-refractivity contribution in [1.29, 1.82) is 0 Å². The van der Waals surface area contributed by atoms with Gasteiger partial charge in [-0.25, -0.2) is 19.2 Å². The van der Waals surface area contributed by atoms with E-state index in [0.29, 0.717) is 0 Å². The number of ether oxygens (including phenoxy) is 6. The highest BCUT2D eigenvalue weighted by molar-refractivity contribution is 6.61. The molecule has 4 rings (SSSR count). The number of hydrogen-bond acceptors (Lipinski definition) is 14. The van der Waals surface area contributed by atoms with Crippen LogP contribution in [-0.4, -0.2) is 47.2 Å². The summed E-state index contributed by atoms with van der Waals surface area (Å²) in [7, 11) is 2.36. The third-order valence-corrected chi connectivity index (χ3v) is 7.35. The van der Waals surface area contributed by atoms with Crippen LogP contribution in [0.3, 0.4) is 0 Å². The van der Waals surface area contributed by atoms with Gasteiger partial charge in [0.1, 0.15) is 11.5 Å². The quantitative estimate of drug-likeness (QED) is 0.0439. The van der Waals surface area contributed by atoms with Gasteiger partial charge in [0.25, 0.3) is 11.4 Å². The summed E-state index contributed by atoms with van der Waals surface area (Å²) in [4.78, 5) is 61.4. The van der Waals surface area contributed by atoms with Gasteiger partial charge in [0.2, 0.25) is 0 Å². The highest BCUT2D eigenvalue weighted by Gasteiger charge is 2.12. The number of methoxy groups -OCH3 is 2. The molecule has 0 radical (unpaired) electrons. The molecular formula is C34H34Cl8N2O14. The maximum absolute atomic E-state index is 10.8. The first kappa shape index (κ1) is 60.2. The van der Waals surface area contributed by atoms with Crippen LogP contribution in [0.4, 0.5) is 30.6 Å². The lowest BCUT2D eigenvalue weighted by atomic mass is 10.3. The molecule has 0 unspecified atom stereocenters. The summed E-state index contributed by atoms with van der Waals surface area (Å²) in [5, 5.41) is 21.9. The number of nitro groups is 2. The second-order valence-electron chi connectivity index (χ2n) is 8.69. The number of halogens is 8. The average molecular weight is 978 g/mol. The minimum Gasteiger partial charge on any atom is -0.437 e. The predicted octanol–water partition coefficient (Wildman–Crippen LogP) is 14.8. The summed E-state index contributed by atoms with van der Waals surface area (Å²) in [6.07, 6.45) is -1.73. The number of hydrogen-bond donors (Lipinski definition) is 0. The van der Waals surface area contributed by atoms with Crippen molar-refractivity contribution in [3.8, 4) is 23.0 Å². The number of carbonyl (C=O) groups is 4. The minimum absolute atomic E-state index is 0. The number of nitro benzene ring substituents is 2. The number of non-ortho nitro benzene ring substituents is 2. The maximum atomic E-state index is 10.8. The molecule has 58 heavy (non-hydrogen) atoms. The molecule has 0 saturated carbocycles. The van der Waals surface area contributed by atoms with Crippen molar-refractivity contribution >= 4 is 127 Å². The fraction of sp³-hybridized carbons (Fsp3) is 0.176. The van der Waals surface area contributed by atoms with Gasteiger partial charge in [0.05, 0.1) is 54.2 Å². The van der Waals surface area contributed by atoms with Crippen molar-refractivity contribution < 1.29 is 57.4 Å². The molecule has 0 aliphatic rings. The molecule has 0 bridgehead atoms. The van der Waals surface area contributed by atoms with E-state index < -0.39 is 33.0 Å². The summed E-state index contributed by atoms with van der Waals surface area (Å²) >= 11 is 43.9. The van der Waals surface area contributed by atoms with Crippen LogP contribution in [0.15, 0.2) is 72.8 Å². The van der Waals surface area contributed by atoms with Crippen molar-refractivity contribution in [2.24, 2.45) is 0 Å². The van der Waals surface area contributed by atoms with Crippen LogP contribution in [0.25, 0.3) is 0 Å². The summed E-state index contributed by atoms with van der Waals surface area (Å²) in [5.41, 5.74) is -2.11. The molecule has 0 atom stereocenters. The lowest BCUT2D eigenvalue weighted by Crippen LogP contribution is -2.07. The Morgan fingerprint density at radius 1 is 0.466 bits per heavy atom. The fourth-order valence-electron chi connectivity index (χ4n) is 2.89. The molecular weight excluding hydrogens is 944 g/mol. The van der Waals surface area contributed by atoms with Crippen LogP contribution in [0.1, 0.15) is 29.7 Å². The molecule has 0 aliphatic heterocycles. The Hall–Kier alpha value is -4.52. The van der Waals surface area contributed by atoms with Crippen LogP contribution in [0, 0.1) is 20.2 Å². The van der Waals surface area contributed by atoms with Gasteiger partial charge in [0.15, 0.2) is 11.5 Å². The van der Waals surface area contributed by atoms with E-state index in [-0.39, 0.29) is 94.2 Å². The Labute approximate surface area is 372 Å². The van der Waals surface area contributed by atoms with Crippen molar-refractivity contribution in [3.63, 3.8) is 0 Å². The Morgan fingerprint density at radius 3 is 1.07 bits per heavy atom. The molecule has 4 aromatic carbocycles. The van der Waals surface area contributed by atoms with Gasteiger partial charge in [-0.15, -0.1) is 0 Å². The molecule has 0 amide bonds. The van der Waals surface area contributed by atoms with Crippen LogP contribution in [-0.2, 0) is 9.47 Å². The third kappa shape index (κ3) is 23.0. The highest BCUT2D eigenvalue weighted by atomic mass is 35.5. The van der Waals surface area contributed by atoms with E-state index in [9.17, 15) is 39.4 Å². The van der Waals surface area contributed by atoms with Crippen LogP contribution < -0.4 is 18.9 Å². The average Bonchev–Trinajstić information content (AvgIpc) is 3.10. The van der Waals surface area contributed by atoms with Gasteiger partial charge >= 0.3 is 23.2 Å². The zero-order valence-corrected chi connectivity index (χ0v) is 32.6. The SMILES string of the molecule is C.C.C.C.COC(=O)Oc1cc(Cl)c(Cl)cc1Cl.COC(=O)Oc1ccc([N+](=O)[O-])cc1.O=C(Cl)Oc1cc(Cl)c(Cl)cc1Cl.O=C(Cl)Oc1ccc([N+](=O)[O-])cc1. The van der Waals surface area contributed by atoms with E-state index in [1.165, 1.54) is 87.0 Å². The highest BCUT2D eigenvalue weighted by Crippen LogP contribution is 2.35. The van der Waals surface area contributed by atoms with E-state index in [2.05, 4.69) is 23.7 Å². The summed E-state index contributed by atoms with van der Waals surface area (Å²) in [5.74, 6) is 0.553. The lowest BCUT2D eigenvalue weighted by molar-refractivity contribution is -0.385. The van der Waals surface area contributed by atoms with Gasteiger partial charge in [0, 0.05) is 59.6 Å². The monoisotopic (exact) mass is 974 g/mol. The normalized spacial score (nSPS) is 8.86. The number of carbonyl (C=O) groups excluding carboxylic acids is 4. The van der Waals surface area contributed by atoms with Gasteiger partial charge in [-0.3, -0.25) is 20.2 Å². The first-order chi connectivity index (χ1) is 25.3. The smallest absolute Gasteiger partial charge is 0.437 e. The van der Waals surface area contributed by atoms with Gasteiger partial charge in [-0.2, -0.15) is 0 Å². The van der Waals surface area contributed by atoms with Crippen molar-refractivity contribution in [2.45, 2.75) is 29.7 Å². The molecule has 0 saturated heterocycles. The number of rotatable bonds is 6. The lowest BCUT2D eigenvalue weighted by Gasteiger charge is -2.05. The fourth-order valence-corrected chi connectivity index (χ4v) is 4.21. The molecule has 4 aromatic rings. The zero-order chi connectivity index (χ0) is 41.1. The molecule has 0 aliphatic carbocycles. The van der Waals surface area contributed by atoms with Gasteiger partial charge in [-0.1, -0.05) is 99.3 Å². The van der Waals surface area contributed by atoms with Crippen molar-refractivity contribution in [3.05, 3.63) is 123 Å². The molecule has 24 heteroatoms. The predicted molar refractivity (Wildman–Crippen MR) is 226 cm³/mol. The topological polar surface area (TPSA) is 210 Å².